The highest BCUT2D eigenvalue weighted by atomic mass is 35.5. The van der Waals surface area contributed by atoms with Crippen LogP contribution in [-0.2, 0) is 19.7 Å². The molecule has 2 aliphatic rings. The summed E-state index contributed by atoms with van der Waals surface area (Å²) in [4.78, 5) is 24.9. The van der Waals surface area contributed by atoms with Gasteiger partial charge in [-0.15, -0.1) is 0 Å². The molecule has 5 N–H and O–H groups in total. The Morgan fingerprint density at radius 2 is 1.90 bits per heavy atom. The maximum Gasteiger partial charge on any atom is 0.323 e. The number of primary amides is 1. The normalized spacial score (nSPS) is 25.9. The average Bonchev–Trinajstić information content (AvgIpc) is 3.29. The van der Waals surface area contributed by atoms with Crippen LogP contribution in [0.2, 0.25) is 10.0 Å². The Bertz CT molecular complexity index is 1350. The minimum atomic E-state index is -1.94. The molecule has 2 fully saturated rings. The number of nitrogens with two attached hydrogens (primary N) is 1. The smallest absolute Gasteiger partial charge is 0.323 e. The molecule has 2 aromatic rings. The van der Waals surface area contributed by atoms with E-state index in [1.54, 1.807) is 0 Å². The summed E-state index contributed by atoms with van der Waals surface area (Å²) < 4.78 is 37.0. The second-order valence-electron chi connectivity index (χ2n) is 11.0. The number of nitrogens with one attached hydrogen (secondary N) is 1. The van der Waals surface area contributed by atoms with E-state index in [1.807, 2.05) is 0 Å². The molecule has 4 rings (SSSR count). The van der Waals surface area contributed by atoms with E-state index in [0.717, 1.165) is 38.2 Å². The van der Waals surface area contributed by atoms with Gasteiger partial charge in [-0.05, 0) is 29.7 Å². The number of hydrogen-bond donors (Lipinski definition) is 4. The van der Waals surface area contributed by atoms with Crippen molar-refractivity contribution in [1.29, 1.82) is 5.26 Å². The Labute approximate surface area is 252 Å². The number of carbonyl (C=O) groups excluding carboxylic acids is 2. The Morgan fingerprint density at radius 3 is 2.52 bits per heavy atom. The lowest BCUT2D eigenvalue weighted by Crippen LogP contribution is -2.51. The number of hydrogen-bond acceptors (Lipinski definition) is 7. The molecule has 2 aromatic carbocycles. The van der Waals surface area contributed by atoms with E-state index in [2.05, 4.69) is 11.4 Å². The van der Waals surface area contributed by atoms with Crippen LogP contribution in [0.25, 0.3) is 0 Å². The molecule has 1 unspecified atom stereocenters. The lowest BCUT2D eigenvalue weighted by atomic mass is 9.60. The van der Waals surface area contributed by atoms with Crippen LogP contribution in [0.3, 0.4) is 0 Å². The van der Waals surface area contributed by atoms with E-state index in [-0.39, 0.29) is 33.7 Å². The van der Waals surface area contributed by atoms with Crippen molar-refractivity contribution in [1.82, 2.24) is 5.32 Å². The molecular formula is C30H33Cl2F2N3O5. The summed E-state index contributed by atoms with van der Waals surface area (Å²) in [6, 6.07) is 7.69. The van der Waals surface area contributed by atoms with Crippen LogP contribution in [0.4, 0.5) is 8.78 Å². The van der Waals surface area contributed by atoms with Crippen molar-refractivity contribution < 1.29 is 33.3 Å². The highest BCUT2D eigenvalue weighted by molar-refractivity contribution is 6.31. The molecular weight excluding hydrogens is 591 g/mol. The minimum absolute atomic E-state index is 0.0682. The highest BCUT2D eigenvalue weighted by Gasteiger charge is 2.63. The maximum absolute atomic E-state index is 15.9. The molecule has 6 atom stereocenters. The molecule has 12 heteroatoms. The zero-order valence-electron chi connectivity index (χ0n) is 22.7. The number of aliphatic hydroxyl groups excluding tert-OH is 2. The van der Waals surface area contributed by atoms with Gasteiger partial charge in [0.05, 0.1) is 23.6 Å². The Balaban J connectivity index is 1.92. The van der Waals surface area contributed by atoms with Crippen molar-refractivity contribution in [3.63, 3.8) is 0 Å². The van der Waals surface area contributed by atoms with E-state index in [9.17, 15) is 25.1 Å². The summed E-state index contributed by atoms with van der Waals surface area (Å²) in [5.74, 6) is -5.60. The monoisotopic (exact) mass is 623 g/mol. The van der Waals surface area contributed by atoms with E-state index in [0.29, 0.717) is 0 Å². The molecule has 1 aliphatic carbocycles. The predicted octanol–water partition coefficient (Wildman–Crippen LogP) is 4.13. The summed E-state index contributed by atoms with van der Waals surface area (Å²) in [5.41, 5.74) is 2.92. The number of amides is 1. The van der Waals surface area contributed by atoms with Crippen LogP contribution < -0.4 is 11.1 Å². The molecule has 0 spiro atoms. The van der Waals surface area contributed by atoms with Gasteiger partial charge in [-0.1, -0.05) is 73.5 Å². The predicted molar refractivity (Wildman–Crippen MR) is 151 cm³/mol. The van der Waals surface area contributed by atoms with Gasteiger partial charge in [0.25, 0.3) is 0 Å². The quantitative estimate of drug-likeness (QED) is 0.291. The molecule has 0 bridgehead atoms. The first kappa shape index (κ1) is 32.1. The number of aliphatic hydroxyl groups is 2. The topological polar surface area (TPSA) is 146 Å². The van der Waals surface area contributed by atoms with Gasteiger partial charge in [0.15, 0.2) is 0 Å². The van der Waals surface area contributed by atoms with Crippen LogP contribution in [0.15, 0.2) is 36.4 Å². The maximum atomic E-state index is 15.9. The molecule has 42 heavy (non-hydrogen) atoms. The first-order valence-electron chi connectivity index (χ1n) is 13.9. The largest absolute Gasteiger partial charge is 0.462 e. The van der Waals surface area contributed by atoms with Crippen molar-refractivity contribution in [3.05, 3.63) is 69.2 Å². The Hall–Kier alpha value is -2.81. The van der Waals surface area contributed by atoms with Crippen LogP contribution in [-0.4, -0.2) is 53.5 Å². The lowest BCUT2D eigenvalue weighted by Gasteiger charge is -2.41. The summed E-state index contributed by atoms with van der Waals surface area (Å²) in [6.45, 7) is -0.985. The molecule has 226 valence electrons. The molecule has 8 nitrogen and oxygen atoms in total. The molecule has 1 saturated heterocycles. The second-order valence-corrected chi connectivity index (χ2v) is 11.9. The fraction of sp³-hybridized carbons (Fsp3) is 0.500. The molecule has 1 saturated carbocycles. The third-order valence-corrected chi connectivity index (χ3v) is 9.08. The van der Waals surface area contributed by atoms with E-state index in [4.69, 9.17) is 33.7 Å². The number of nitriles is 1. The van der Waals surface area contributed by atoms with E-state index in [1.165, 1.54) is 30.3 Å². The second kappa shape index (κ2) is 13.7. The number of benzene rings is 2. The van der Waals surface area contributed by atoms with Gasteiger partial charge >= 0.3 is 5.97 Å². The number of halogens is 4. The number of esters is 1. The zero-order chi connectivity index (χ0) is 30.6. The SMILES string of the molecule is N#C[C@]1(c2ccc(Cl)cc2F)[C@H](C(CO)C2CCCCC2)N[C@@H](C(=O)OC[C@@H](O)CC(N)=O)[C@@H]1c1cccc(Cl)c1F. The fourth-order valence-electron chi connectivity index (χ4n) is 6.74. The van der Waals surface area contributed by atoms with Gasteiger partial charge in [-0.3, -0.25) is 14.9 Å². The standard InChI is InChI=1S/C30H33Cl2F2N3O5/c31-17-9-10-21(23(33)11-17)30(15-35)25(19-7-4-8-22(32)26(19)34)27(29(41)42-14-18(39)12-24(36)40)37-28(30)20(13-38)16-5-2-1-3-6-16/h4,7-11,16,18,20,25,27-28,37-39H,1-3,5-6,12-14H2,(H2,36,40)/t18-,20?,25-,27+,28-,30+/m0/s1. The Kier molecular flexibility index (Phi) is 10.4. The first-order valence-corrected chi connectivity index (χ1v) is 14.6. The third-order valence-electron chi connectivity index (χ3n) is 8.55. The number of rotatable bonds is 10. The number of nitrogens with zero attached hydrogens (tertiary/aromatic N) is 1. The molecule has 0 aromatic heterocycles. The van der Waals surface area contributed by atoms with Gasteiger partial charge in [0.1, 0.15) is 29.7 Å². The van der Waals surface area contributed by atoms with E-state index >= 15 is 8.78 Å². The van der Waals surface area contributed by atoms with E-state index < -0.39 is 72.0 Å². The molecule has 1 amide bonds. The highest BCUT2D eigenvalue weighted by Crippen LogP contribution is 2.54. The fourth-order valence-corrected chi connectivity index (χ4v) is 7.08. The minimum Gasteiger partial charge on any atom is -0.462 e. The molecule has 1 aliphatic heterocycles. The van der Waals surface area contributed by atoms with Crippen molar-refractivity contribution in [2.45, 2.75) is 68.0 Å². The van der Waals surface area contributed by atoms with Gasteiger partial charge < -0.3 is 20.7 Å². The number of carbonyl (C=O) groups is 2. The summed E-state index contributed by atoms with van der Waals surface area (Å²) in [7, 11) is 0. The summed E-state index contributed by atoms with van der Waals surface area (Å²) in [6.07, 6.45) is 2.45. The van der Waals surface area contributed by atoms with Crippen molar-refractivity contribution in [2.75, 3.05) is 13.2 Å². The van der Waals surface area contributed by atoms with Crippen LogP contribution in [0, 0.1) is 34.8 Å². The van der Waals surface area contributed by atoms with Crippen LogP contribution in [0.1, 0.15) is 55.6 Å². The van der Waals surface area contributed by atoms with Gasteiger partial charge in [-0.25, -0.2) is 8.78 Å². The van der Waals surface area contributed by atoms with Crippen LogP contribution in [0.5, 0.6) is 0 Å². The van der Waals surface area contributed by atoms with Crippen molar-refractivity contribution in [2.24, 2.45) is 17.6 Å². The van der Waals surface area contributed by atoms with Crippen molar-refractivity contribution in [3.8, 4) is 6.07 Å². The van der Waals surface area contributed by atoms with Gasteiger partial charge in [-0.2, -0.15) is 5.26 Å². The Morgan fingerprint density at radius 1 is 1.19 bits per heavy atom. The zero-order valence-corrected chi connectivity index (χ0v) is 24.3. The summed E-state index contributed by atoms with van der Waals surface area (Å²) in [5, 5.41) is 34.8. The van der Waals surface area contributed by atoms with Gasteiger partial charge in [0.2, 0.25) is 5.91 Å². The first-order chi connectivity index (χ1) is 20.0. The van der Waals surface area contributed by atoms with Gasteiger partial charge in [0, 0.05) is 35.1 Å². The number of ether oxygens (including phenoxy) is 1. The van der Waals surface area contributed by atoms with Crippen LogP contribution >= 0.6 is 23.2 Å². The summed E-state index contributed by atoms with van der Waals surface area (Å²) >= 11 is 12.2. The third kappa shape index (κ3) is 6.26. The van der Waals surface area contributed by atoms with Crippen molar-refractivity contribution >= 4 is 35.1 Å². The average molecular weight is 625 g/mol. The lowest BCUT2D eigenvalue weighted by molar-refractivity contribution is -0.150. The molecule has 0 radical (unpaired) electrons. The molecule has 1 heterocycles.